The molecule has 0 unspecified atom stereocenters. The molecule has 0 N–H and O–H groups in total. The third kappa shape index (κ3) is 3.75. The van der Waals surface area contributed by atoms with E-state index in [1.165, 1.54) is 54.8 Å². The van der Waals surface area contributed by atoms with Crippen molar-refractivity contribution in [1.82, 2.24) is 0 Å². The van der Waals surface area contributed by atoms with E-state index in [2.05, 4.69) is 180 Å². The number of nitrogens with zero attached hydrogens (tertiary/aromatic N) is 2. The second-order valence-electron chi connectivity index (χ2n) is 11.4. The number of benzene rings is 8. The Morgan fingerprint density at radius 3 is 1.82 bits per heavy atom. The van der Waals surface area contributed by atoms with Crippen molar-refractivity contribution in [2.24, 2.45) is 0 Å². The van der Waals surface area contributed by atoms with Crippen molar-refractivity contribution in [3.8, 4) is 11.1 Å². The van der Waals surface area contributed by atoms with Crippen LogP contribution in [0.25, 0.3) is 43.4 Å². The van der Waals surface area contributed by atoms with Gasteiger partial charge in [-0.1, -0.05) is 115 Å². The molecule has 2 heteroatoms. The fourth-order valence-corrected chi connectivity index (χ4v) is 7.01. The molecular formula is C42H28N2. The van der Waals surface area contributed by atoms with E-state index in [9.17, 15) is 0 Å². The van der Waals surface area contributed by atoms with Gasteiger partial charge in [-0.15, -0.1) is 0 Å². The first-order chi connectivity index (χ1) is 21.8. The molecule has 8 aromatic carbocycles. The van der Waals surface area contributed by atoms with Crippen molar-refractivity contribution in [3.63, 3.8) is 0 Å². The van der Waals surface area contributed by atoms with Gasteiger partial charge in [-0.25, -0.2) is 0 Å². The van der Waals surface area contributed by atoms with Gasteiger partial charge in [0, 0.05) is 33.4 Å². The van der Waals surface area contributed by atoms with Gasteiger partial charge < -0.3 is 9.80 Å². The van der Waals surface area contributed by atoms with Gasteiger partial charge in [0.1, 0.15) is 0 Å². The predicted octanol–water partition coefficient (Wildman–Crippen LogP) is 12.1. The first-order valence-corrected chi connectivity index (χ1v) is 15.1. The highest BCUT2D eigenvalue weighted by molar-refractivity contribution is 6.19. The largest absolute Gasteiger partial charge is 0.310 e. The average Bonchev–Trinajstić information content (AvgIpc) is 3.09. The molecule has 0 atom stereocenters. The lowest BCUT2D eigenvalue weighted by atomic mass is 9.87. The van der Waals surface area contributed by atoms with Crippen molar-refractivity contribution in [2.75, 3.05) is 9.80 Å². The van der Waals surface area contributed by atoms with E-state index in [1.54, 1.807) is 0 Å². The molecular weight excluding hydrogens is 532 g/mol. The van der Waals surface area contributed by atoms with E-state index in [4.69, 9.17) is 0 Å². The van der Waals surface area contributed by atoms with Crippen molar-refractivity contribution in [3.05, 3.63) is 170 Å². The van der Waals surface area contributed by atoms with E-state index in [0.717, 1.165) is 22.7 Å². The molecule has 0 saturated heterocycles. The minimum absolute atomic E-state index is 1.12. The fraction of sp³-hybridized carbons (Fsp3) is 0. The maximum atomic E-state index is 2.44. The van der Waals surface area contributed by atoms with Crippen LogP contribution in [-0.2, 0) is 0 Å². The summed E-state index contributed by atoms with van der Waals surface area (Å²) in [6, 6.07) is 61.5. The second kappa shape index (κ2) is 9.86. The summed E-state index contributed by atoms with van der Waals surface area (Å²) in [7, 11) is 0. The van der Waals surface area contributed by atoms with Crippen LogP contribution in [0.4, 0.5) is 34.1 Å². The normalized spacial score (nSPS) is 12.0. The molecule has 206 valence electrons. The van der Waals surface area contributed by atoms with Crippen molar-refractivity contribution in [2.45, 2.75) is 0 Å². The topological polar surface area (TPSA) is 6.48 Å². The SMILES string of the molecule is c1ccc(N(c2ccc(N3c4ccc5ccccc5c4-c4cccc5cccc3c45)cc2)c2cccc3ccccc23)cc1. The summed E-state index contributed by atoms with van der Waals surface area (Å²) in [4.78, 5) is 4.80. The molecule has 2 nitrogen and oxygen atoms in total. The highest BCUT2D eigenvalue weighted by Gasteiger charge is 2.27. The quantitative estimate of drug-likeness (QED) is 0.211. The van der Waals surface area contributed by atoms with Crippen LogP contribution in [0.2, 0.25) is 0 Å². The predicted molar refractivity (Wildman–Crippen MR) is 187 cm³/mol. The van der Waals surface area contributed by atoms with E-state index >= 15 is 0 Å². The number of hydrogen-bond donors (Lipinski definition) is 0. The molecule has 0 radical (unpaired) electrons. The van der Waals surface area contributed by atoms with Gasteiger partial charge >= 0.3 is 0 Å². The van der Waals surface area contributed by atoms with Gasteiger partial charge in [0.05, 0.1) is 17.1 Å². The molecule has 0 bridgehead atoms. The highest BCUT2D eigenvalue weighted by atomic mass is 15.2. The summed E-state index contributed by atoms with van der Waals surface area (Å²) in [5.74, 6) is 0. The van der Waals surface area contributed by atoms with Crippen molar-refractivity contribution >= 4 is 66.4 Å². The standard InChI is InChI=1S/C42H28N2/c1-2-16-32(17-3-1)43(38-21-9-13-29-11-4-6-18-35(29)38)33-24-26-34(27-25-33)44-39-22-10-15-31-14-8-20-37(41(31)39)42-36-19-7-5-12-30(36)23-28-40(42)44/h1-28H. The molecule has 1 aliphatic rings. The smallest absolute Gasteiger partial charge is 0.0547 e. The lowest BCUT2D eigenvalue weighted by molar-refractivity contribution is 1.27. The fourth-order valence-electron chi connectivity index (χ4n) is 7.01. The Morgan fingerprint density at radius 1 is 0.386 bits per heavy atom. The number of anilines is 6. The number of para-hydroxylation sites is 1. The first-order valence-electron chi connectivity index (χ1n) is 15.1. The van der Waals surface area contributed by atoms with Crippen LogP contribution in [0.1, 0.15) is 0 Å². The van der Waals surface area contributed by atoms with E-state index in [0.29, 0.717) is 0 Å². The van der Waals surface area contributed by atoms with Gasteiger partial charge in [-0.3, -0.25) is 0 Å². The molecule has 0 saturated carbocycles. The number of rotatable bonds is 4. The van der Waals surface area contributed by atoms with Crippen LogP contribution in [-0.4, -0.2) is 0 Å². The summed E-state index contributed by atoms with van der Waals surface area (Å²) < 4.78 is 0. The zero-order valence-corrected chi connectivity index (χ0v) is 24.1. The Bertz CT molecular complexity index is 2330. The molecule has 0 aromatic heterocycles. The maximum absolute atomic E-state index is 2.44. The Morgan fingerprint density at radius 2 is 1.00 bits per heavy atom. The van der Waals surface area contributed by atoms with Crippen LogP contribution >= 0.6 is 0 Å². The zero-order valence-electron chi connectivity index (χ0n) is 24.1. The minimum Gasteiger partial charge on any atom is -0.310 e. The van der Waals surface area contributed by atoms with Gasteiger partial charge in [0.25, 0.3) is 0 Å². The Hall–Kier alpha value is -5.86. The molecule has 9 rings (SSSR count). The maximum Gasteiger partial charge on any atom is 0.0547 e. The van der Waals surface area contributed by atoms with Crippen LogP contribution in [0.15, 0.2) is 170 Å². The molecule has 1 aliphatic heterocycles. The van der Waals surface area contributed by atoms with Gasteiger partial charge in [-0.05, 0) is 81.7 Å². The lowest BCUT2D eigenvalue weighted by Crippen LogP contribution is -2.16. The second-order valence-corrected chi connectivity index (χ2v) is 11.4. The molecule has 1 heterocycles. The first kappa shape index (κ1) is 24.7. The monoisotopic (exact) mass is 560 g/mol. The Balaban J connectivity index is 1.25. The van der Waals surface area contributed by atoms with Gasteiger partial charge in [0.2, 0.25) is 0 Å². The van der Waals surface area contributed by atoms with E-state index < -0.39 is 0 Å². The molecule has 44 heavy (non-hydrogen) atoms. The molecule has 0 spiro atoms. The van der Waals surface area contributed by atoms with Crippen LogP contribution in [0.5, 0.6) is 0 Å². The summed E-state index contributed by atoms with van der Waals surface area (Å²) >= 11 is 0. The van der Waals surface area contributed by atoms with Gasteiger partial charge in [-0.2, -0.15) is 0 Å². The minimum atomic E-state index is 1.12. The van der Waals surface area contributed by atoms with Gasteiger partial charge in [0.15, 0.2) is 0 Å². The van der Waals surface area contributed by atoms with Crippen LogP contribution in [0, 0.1) is 0 Å². The third-order valence-corrected chi connectivity index (χ3v) is 8.93. The third-order valence-electron chi connectivity index (χ3n) is 8.93. The Kier molecular flexibility index (Phi) is 5.54. The Labute approximate surface area is 256 Å². The van der Waals surface area contributed by atoms with Crippen LogP contribution < -0.4 is 9.80 Å². The van der Waals surface area contributed by atoms with Crippen molar-refractivity contribution in [1.29, 1.82) is 0 Å². The molecule has 0 amide bonds. The summed E-state index contributed by atoms with van der Waals surface area (Å²) in [5.41, 5.74) is 9.55. The number of fused-ring (bicyclic) bond motifs is 5. The summed E-state index contributed by atoms with van der Waals surface area (Å²) in [6.45, 7) is 0. The molecule has 0 fully saturated rings. The van der Waals surface area contributed by atoms with E-state index in [-0.39, 0.29) is 0 Å². The lowest BCUT2D eigenvalue weighted by Gasteiger charge is -2.34. The number of hydrogen-bond acceptors (Lipinski definition) is 2. The summed E-state index contributed by atoms with van der Waals surface area (Å²) in [6.07, 6.45) is 0. The zero-order chi connectivity index (χ0) is 29.0. The molecule has 0 aliphatic carbocycles. The highest BCUT2D eigenvalue weighted by Crippen LogP contribution is 2.53. The van der Waals surface area contributed by atoms with Crippen molar-refractivity contribution < 1.29 is 0 Å². The molecule has 8 aromatic rings. The van der Waals surface area contributed by atoms with E-state index in [1.807, 2.05) is 0 Å². The van der Waals surface area contributed by atoms with Crippen LogP contribution in [0.3, 0.4) is 0 Å². The summed E-state index contributed by atoms with van der Waals surface area (Å²) in [5, 5.41) is 7.54. The average molecular weight is 561 g/mol.